The lowest BCUT2D eigenvalue weighted by molar-refractivity contribution is -0.137. The van der Waals surface area contributed by atoms with Crippen molar-refractivity contribution in [2.45, 2.75) is 11.1 Å². The van der Waals surface area contributed by atoms with E-state index in [2.05, 4.69) is 0 Å². The number of para-hydroxylation sites is 1. The summed E-state index contributed by atoms with van der Waals surface area (Å²) >= 11 is 0.960. The molecule has 0 saturated carbocycles. The maximum Gasteiger partial charge on any atom is 0.417 e. The van der Waals surface area contributed by atoms with Crippen LogP contribution in [0, 0.1) is 11.3 Å². The first-order chi connectivity index (χ1) is 10.8. The molecule has 0 heterocycles. The molecule has 7 heteroatoms. The number of anilines is 1. The Labute approximate surface area is 135 Å². The van der Waals surface area contributed by atoms with E-state index < -0.39 is 11.7 Å². The Balaban J connectivity index is 2.52. The number of rotatable bonds is 3. The van der Waals surface area contributed by atoms with Gasteiger partial charge in [-0.3, -0.25) is 0 Å². The van der Waals surface area contributed by atoms with Crippen LogP contribution in [0.2, 0.25) is 0 Å². The van der Waals surface area contributed by atoms with Gasteiger partial charge in [-0.2, -0.15) is 18.4 Å². The van der Waals surface area contributed by atoms with Crippen LogP contribution in [0.15, 0.2) is 58.5 Å². The molecule has 23 heavy (non-hydrogen) atoms. The third-order valence-corrected chi connectivity index (χ3v) is 4.01. The van der Waals surface area contributed by atoms with Crippen molar-refractivity contribution in [1.82, 2.24) is 0 Å². The van der Waals surface area contributed by atoms with Gasteiger partial charge in [0, 0.05) is 16.1 Å². The van der Waals surface area contributed by atoms with Crippen LogP contribution >= 0.6 is 11.8 Å². The number of hydrogen-bond acceptors (Lipinski definition) is 4. The summed E-state index contributed by atoms with van der Waals surface area (Å²) in [6.07, 6.45) is -4.57. The van der Waals surface area contributed by atoms with Crippen molar-refractivity contribution in [3.63, 3.8) is 0 Å². The minimum absolute atomic E-state index is 0.0397. The van der Waals surface area contributed by atoms with E-state index in [4.69, 9.17) is 11.5 Å². The molecule has 0 bridgehead atoms. The molecular weight excluding hydrogens is 323 g/mol. The minimum Gasteiger partial charge on any atom is -0.398 e. The number of nitriles is 1. The Morgan fingerprint density at radius 3 is 2.26 bits per heavy atom. The van der Waals surface area contributed by atoms with Crippen LogP contribution in [0.25, 0.3) is 5.57 Å². The van der Waals surface area contributed by atoms with Crippen LogP contribution in [0.5, 0.6) is 0 Å². The summed E-state index contributed by atoms with van der Waals surface area (Å²) in [6, 6.07) is 13.4. The molecule has 0 fully saturated rings. The van der Waals surface area contributed by atoms with E-state index in [0.29, 0.717) is 10.6 Å². The van der Waals surface area contributed by atoms with Crippen LogP contribution in [-0.2, 0) is 6.18 Å². The van der Waals surface area contributed by atoms with Crippen LogP contribution in [0.4, 0.5) is 18.9 Å². The smallest absolute Gasteiger partial charge is 0.398 e. The van der Waals surface area contributed by atoms with E-state index in [1.165, 1.54) is 18.2 Å². The highest BCUT2D eigenvalue weighted by molar-refractivity contribution is 8.03. The highest BCUT2D eigenvalue weighted by Crippen LogP contribution is 2.38. The molecule has 3 nitrogen and oxygen atoms in total. The molecule has 0 aliphatic rings. The van der Waals surface area contributed by atoms with Gasteiger partial charge in [0.2, 0.25) is 0 Å². The van der Waals surface area contributed by atoms with Crippen LogP contribution in [0.1, 0.15) is 11.1 Å². The van der Waals surface area contributed by atoms with Gasteiger partial charge in [0.25, 0.3) is 0 Å². The second-order valence-electron chi connectivity index (χ2n) is 4.53. The van der Waals surface area contributed by atoms with Gasteiger partial charge in [0.05, 0.1) is 16.2 Å². The normalized spacial score (nSPS) is 12.4. The van der Waals surface area contributed by atoms with E-state index in [9.17, 15) is 18.4 Å². The van der Waals surface area contributed by atoms with Crippen molar-refractivity contribution < 1.29 is 13.2 Å². The average Bonchev–Trinajstić information content (AvgIpc) is 2.50. The van der Waals surface area contributed by atoms with Gasteiger partial charge in [0.15, 0.2) is 0 Å². The molecule has 0 aromatic heterocycles. The first kappa shape index (κ1) is 16.8. The van der Waals surface area contributed by atoms with Gasteiger partial charge in [-0.1, -0.05) is 42.1 Å². The van der Waals surface area contributed by atoms with Gasteiger partial charge < -0.3 is 11.5 Å². The van der Waals surface area contributed by atoms with Crippen LogP contribution in [0.3, 0.4) is 0 Å². The second kappa shape index (κ2) is 6.67. The molecule has 0 spiro atoms. The van der Waals surface area contributed by atoms with E-state index in [0.717, 1.165) is 17.8 Å². The van der Waals surface area contributed by atoms with Gasteiger partial charge in [-0.15, -0.1) is 0 Å². The molecule has 118 valence electrons. The number of nitrogen functional groups attached to an aromatic ring is 1. The monoisotopic (exact) mass is 335 g/mol. The molecule has 0 aliphatic carbocycles. The van der Waals surface area contributed by atoms with E-state index in [-0.39, 0.29) is 16.2 Å². The topological polar surface area (TPSA) is 75.8 Å². The Hall–Kier alpha value is -2.59. The van der Waals surface area contributed by atoms with E-state index in [1.807, 2.05) is 0 Å². The summed E-state index contributed by atoms with van der Waals surface area (Å²) in [7, 11) is 0. The molecule has 2 aromatic carbocycles. The minimum atomic E-state index is -4.57. The lowest BCUT2D eigenvalue weighted by atomic mass is 10.0. The molecule has 0 unspecified atom stereocenters. The molecule has 0 radical (unpaired) electrons. The molecule has 2 rings (SSSR count). The zero-order valence-electron chi connectivity index (χ0n) is 11.8. The quantitative estimate of drug-likeness (QED) is 0.500. The highest BCUT2D eigenvalue weighted by Gasteiger charge is 2.34. The lowest BCUT2D eigenvalue weighted by Gasteiger charge is -2.13. The zero-order valence-corrected chi connectivity index (χ0v) is 12.6. The SMILES string of the molecule is N#C/C(=C(/N)Sc1ccccc1N)c1ccccc1C(F)(F)F. The molecule has 0 atom stereocenters. The number of halogens is 3. The highest BCUT2D eigenvalue weighted by atomic mass is 32.2. The fourth-order valence-corrected chi connectivity index (χ4v) is 2.77. The molecule has 0 saturated heterocycles. The number of nitrogens with two attached hydrogens (primary N) is 2. The Morgan fingerprint density at radius 2 is 1.65 bits per heavy atom. The standard InChI is InChI=1S/C16H12F3N3S/c17-16(18,19)12-6-2-1-5-10(12)11(9-20)15(22)23-14-8-4-3-7-13(14)21/h1-8H,21-22H2/b15-11+. The largest absolute Gasteiger partial charge is 0.417 e. The molecule has 0 amide bonds. The van der Waals surface area contributed by atoms with Crippen molar-refractivity contribution in [2.24, 2.45) is 5.73 Å². The summed E-state index contributed by atoms with van der Waals surface area (Å²) in [5, 5.41) is 9.25. The molecule has 2 aromatic rings. The van der Waals surface area contributed by atoms with Gasteiger partial charge in [-0.25, -0.2) is 0 Å². The lowest BCUT2D eigenvalue weighted by Crippen LogP contribution is -2.10. The third-order valence-electron chi connectivity index (χ3n) is 3.00. The van der Waals surface area contributed by atoms with Crippen LogP contribution < -0.4 is 11.5 Å². The number of hydrogen-bond donors (Lipinski definition) is 2. The summed E-state index contributed by atoms with van der Waals surface area (Å²) < 4.78 is 39.3. The fourth-order valence-electron chi connectivity index (χ4n) is 1.94. The van der Waals surface area contributed by atoms with Crippen molar-refractivity contribution in [3.8, 4) is 6.07 Å². The van der Waals surface area contributed by atoms with Crippen LogP contribution in [-0.4, -0.2) is 0 Å². The number of benzene rings is 2. The fraction of sp³-hybridized carbons (Fsp3) is 0.0625. The summed E-state index contributed by atoms with van der Waals surface area (Å²) in [6.45, 7) is 0. The number of thioether (sulfide) groups is 1. The summed E-state index contributed by atoms with van der Waals surface area (Å²) in [4.78, 5) is 0.572. The molecule has 4 N–H and O–H groups in total. The second-order valence-corrected chi connectivity index (χ2v) is 5.62. The predicted molar refractivity (Wildman–Crippen MR) is 84.9 cm³/mol. The maximum absolute atomic E-state index is 13.1. The average molecular weight is 335 g/mol. The third kappa shape index (κ3) is 3.79. The first-order valence-electron chi connectivity index (χ1n) is 6.43. The Bertz CT molecular complexity index is 792. The maximum atomic E-state index is 13.1. The van der Waals surface area contributed by atoms with E-state index in [1.54, 1.807) is 30.3 Å². The van der Waals surface area contributed by atoms with E-state index >= 15 is 0 Å². The summed E-state index contributed by atoms with van der Waals surface area (Å²) in [5.74, 6) is 0. The first-order valence-corrected chi connectivity index (χ1v) is 7.25. The zero-order chi connectivity index (χ0) is 17.0. The molecule has 0 aliphatic heterocycles. The number of alkyl halides is 3. The molecular formula is C16H12F3N3S. The summed E-state index contributed by atoms with van der Waals surface area (Å²) in [5.41, 5.74) is 10.7. The van der Waals surface area contributed by atoms with Gasteiger partial charge in [0.1, 0.15) is 6.07 Å². The predicted octanol–water partition coefficient (Wildman–Crippen LogP) is 4.23. The number of allylic oxidation sites excluding steroid dienone is 1. The van der Waals surface area contributed by atoms with Crippen molar-refractivity contribution in [3.05, 3.63) is 64.7 Å². The Morgan fingerprint density at radius 1 is 1.04 bits per heavy atom. The van der Waals surface area contributed by atoms with Gasteiger partial charge in [-0.05, 0) is 18.2 Å². The van der Waals surface area contributed by atoms with Crippen molar-refractivity contribution in [1.29, 1.82) is 5.26 Å². The van der Waals surface area contributed by atoms with Crippen molar-refractivity contribution in [2.75, 3.05) is 5.73 Å². The Kier molecular flexibility index (Phi) is 4.86. The van der Waals surface area contributed by atoms with Crippen molar-refractivity contribution >= 4 is 23.0 Å². The van der Waals surface area contributed by atoms with Gasteiger partial charge >= 0.3 is 6.18 Å². The number of nitrogens with zero attached hydrogens (tertiary/aromatic N) is 1.